The maximum atomic E-state index is 13.6. The number of fused-ring (bicyclic) bond motifs is 3. The summed E-state index contributed by atoms with van der Waals surface area (Å²) in [7, 11) is -2.00. The Morgan fingerprint density at radius 1 is 0.649 bits per heavy atom. The van der Waals surface area contributed by atoms with Crippen molar-refractivity contribution in [1.82, 2.24) is 54.4 Å². The van der Waals surface area contributed by atoms with Crippen LogP contribution in [0.3, 0.4) is 0 Å². The van der Waals surface area contributed by atoms with Crippen LogP contribution >= 0.6 is 11.6 Å². The number of aliphatic hydroxyl groups excluding tert-OH is 1. The predicted molar refractivity (Wildman–Crippen MR) is 394 cm³/mol. The van der Waals surface area contributed by atoms with Gasteiger partial charge in [0.05, 0.1) is 104 Å². The number of hydrogen-bond donors (Lipinski definition) is 6. The number of carbonyl (C=O) groups is 6. The van der Waals surface area contributed by atoms with Gasteiger partial charge in [-0.3, -0.25) is 37.2 Å². The molecule has 111 heavy (non-hydrogen) atoms. The Balaban J connectivity index is 0.000000262. The van der Waals surface area contributed by atoms with Gasteiger partial charge in [0.25, 0.3) is 11.8 Å². The van der Waals surface area contributed by atoms with Crippen LogP contribution in [0.15, 0.2) is 139 Å². The second-order valence-electron chi connectivity index (χ2n) is 24.9. The maximum Gasteiger partial charge on any atom is 1.00 e. The number of amides is 2. The maximum absolute atomic E-state index is 13.6. The van der Waals surface area contributed by atoms with E-state index in [2.05, 4.69) is 30.6 Å². The van der Waals surface area contributed by atoms with Gasteiger partial charge in [-0.15, -0.1) is 0 Å². The zero-order chi connectivity index (χ0) is 81.2. The molecule has 26 nitrogen and oxygen atoms in total. The van der Waals surface area contributed by atoms with Gasteiger partial charge in [0, 0.05) is 101 Å². The topological polar surface area (TPSA) is 392 Å². The van der Waals surface area contributed by atoms with Gasteiger partial charge in [0.15, 0.2) is 17.1 Å². The Bertz CT molecular complexity index is 4980. The van der Waals surface area contributed by atoms with E-state index in [0.29, 0.717) is 94.5 Å². The first-order valence-electron chi connectivity index (χ1n) is 35.4. The van der Waals surface area contributed by atoms with Crippen molar-refractivity contribution in [1.29, 1.82) is 15.8 Å². The number of H-pyrrole nitrogens is 2. The van der Waals surface area contributed by atoms with Gasteiger partial charge in [-0.05, 0) is 134 Å². The van der Waals surface area contributed by atoms with Gasteiger partial charge in [-0.1, -0.05) is 69.3 Å². The number of nitriles is 3. The molecule has 0 spiro atoms. The Kier molecular flexibility index (Phi) is 33.4. The SMILES string of the molecule is CC1CN(C(=O)c2ccc[nH]2)Cc2c(C(=O)O)nn(Cc3ccc(F)cc3C#N)c21.CCOC(=O)c1nn(Cc2ccc(F)cc2C#N)c2c1CN(C(=O)c1ccc[nH]1)CC2C.CCOC(=O)c1nn(Cc2ccc(F)cc2C#N)c2c1CNCC2C.C[C@H](O)c1cccc(N)c1.O=C(Cl)C1=CC=CC1.[2H]CF.[2H]CF.[Li+].[OH-]. The number of rotatable bonds is 15. The summed E-state index contributed by atoms with van der Waals surface area (Å²) in [5.74, 6) is -4.20. The van der Waals surface area contributed by atoms with Crippen molar-refractivity contribution in [3.63, 3.8) is 0 Å². The van der Waals surface area contributed by atoms with Crippen LogP contribution in [0, 0.1) is 51.4 Å². The van der Waals surface area contributed by atoms with E-state index in [1.165, 1.54) is 36.4 Å². The molecule has 3 unspecified atom stereocenters. The average molecular weight is 1550 g/mol. The first-order chi connectivity index (χ1) is 53.2. The summed E-state index contributed by atoms with van der Waals surface area (Å²) in [6.45, 7) is 14.7. The Hall–Kier alpha value is -11.7. The van der Waals surface area contributed by atoms with Crippen LogP contribution in [-0.4, -0.2) is 147 Å². The molecule has 1 aliphatic carbocycles. The van der Waals surface area contributed by atoms with Crippen LogP contribution in [0.2, 0.25) is 0 Å². The smallest absolute Gasteiger partial charge is 0.870 e. The van der Waals surface area contributed by atoms with E-state index < -0.39 is 55.8 Å². The van der Waals surface area contributed by atoms with Gasteiger partial charge in [-0.2, -0.15) is 31.1 Å². The van der Waals surface area contributed by atoms with Crippen molar-refractivity contribution >= 4 is 52.3 Å². The summed E-state index contributed by atoms with van der Waals surface area (Å²) in [4.78, 5) is 81.8. The number of nitrogen functional groups attached to an aromatic ring is 1. The number of aliphatic hydroxyl groups is 1. The molecule has 4 aromatic carbocycles. The van der Waals surface area contributed by atoms with Crippen LogP contribution in [0.5, 0.6) is 0 Å². The zero-order valence-corrected chi connectivity index (χ0v) is 62.5. The molecule has 4 atom stereocenters. The van der Waals surface area contributed by atoms with Gasteiger partial charge >= 0.3 is 36.8 Å². The van der Waals surface area contributed by atoms with E-state index in [1.807, 2.05) is 63.3 Å². The minimum Gasteiger partial charge on any atom is -0.870 e. The first kappa shape index (κ1) is 86.5. The normalized spacial score (nSPS) is 14.9. The zero-order valence-electron chi connectivity index (χ0n) is 63.8. The van der Waals surface area contributed by atoms with Crippen LogP contribution in [0.1, 0.15) is 200 Å². The number of nitrogens with two attached hydrogens (primary N) is 1. The average Bonchev–Trinajstić information content (AvgIpc) is 1.63. The molecule has 578 valence electrons. The summed E-state index contributed by atoms with van der Waals surface area (Å²) in [6, 6.07) is 32.1. The van der Waals surface area contributed by atoms with E-state index in [0.717, 1.165) is 35.1 Å². The number of benzene rings is 4. The standard InChI is InChI=1S/C23H22FN5O3.C21H18FN5O3.C18H19FN4O2.C8H11NO.C6H5ClO.2CH3F.Li.H2O/c1-3-32-23(31)20-18-13-28(22(30)19-5-4-8-26-19)11-14(2)21(18)29(27-20)12-15-6-7-17(24)9-16(15)10-25;1-12-9-26(20(28)17-3-2-6-24-17)11-16-18(21(29)30)25-27(19(12)16)10-13-4-5-15(22)7-14(13)8-23;1-3-25-18(24)16-15-9-21-8-11(2)17(15)23(22-16)10-12-4-5-14(19)6-13(12)7-20;1-6(10)7-3-2-4-8(9)5-7;7-6(8)5-3-1-2-4-5;2*1-2;;/h4-9,14,26H,3,11-13H2,1-2H3;2-7,12,24H,9-11H2,1H3,(H,29,30);4-6,11,21H,3,8-10H2,1-2H3;2-6,10H,9H2,1H3;1-3H,4H2;2*1H3;;1H2/q;;;;;;;+1;/p-1/t;;;6-;;;;;/m...0...../s1/i;;;;;2*1D;;. The summed E-state index contributed by atoms with van der Waals surface area (Å²) in [5.41, 5.74) is 15.8. The number of carboxylic acids is 1. The minimum atomic E-state index is -1.19. The Labute approximate surface area is 656 Å². The Morgan fingerprint density at radius 2 is 1.06 bits per heavy atom. The number of hydrogen-bond acceptors (Lipinski definition) is 18. The summed E-state index contributed by atoms with van der Waals surface area (Å²) in [6.07, 6.45) is 9.07. The van der Waals surface area contributed by atoms with E-state index in [9.17, 15) is 71.6 Å². The molecule has 13 rings (SSSR count). The fourth-order valence-corrected chi connectivity index (χ4v) is 12.8. The molecule has 0 saturated carbocycles. The molecule has 0 saturated heterocycles. The molecule has 0 radical (unpaired) electrons. The number of halogens is 6. The minimum absolute atomic E-state index is 0. The molecule has 3 aliphatic heterocycles. The molecule has 5 aromatic heterocycles. The molecule has 9 aromatic rings. The van der Waals surface area contributed by atoms with Crippen molar-refractivity contribution < 1.29 is 97.5 Å². The monoisotopic (exact) mass is 1540 g/mol. The van der Waals surface area contributed by atoms with Gasteiger partial charge < -0.3 is 56.0 Å². The van der Waals surface area contributed by atoms with E-state index in [1.54, 1.807) is 112 Å². The number of alkyl halides is 2. The first-order valence-corrected chi connectivity index (χ1v) is 34.3. The third-order valence-corrected chi connectivity index (χ3v) is 17.7. The van der Waals surface area contributed by atoms with Crippen molar-refractivity contribution in [2.24, 2.45) is 0 Å². The molecule has 8 N–H and O–H groups in total. The van der Waals surface area contributed by atoms with Gasteiger partial charge in [0.2, 0.25) is 5.24 Å². The van der Waals surface area contributed by atoms with Crippen molar-refractivity contribution in [3.05, 3.63) is 258 Å². The Morgan fingerprint density at radius 3 is 1.41 bits per heavy atom. The third kappa shape index (κ3) is 22.7. The van der Waals surface area contributed by atoms with Crippen LogP contribution in [0.25, 0.3) is 0 Å². The molecule has 33 heteroatoms. The molecule has 0 bridgehead atoms. The number of carbonyl (C=O) groups excluding carboxylic acids is 5. The fourth-order valence-electron chi connectivity index (χ4n) is 12.6. The number of ether oxygens (including phenoxy) is 2. The number of allylic oxidation sites excluding steroid dienone is 4. The van der Waals surface area contributed by atoms with Crippen LogP contribution in [-0.2, 0) is 53.5 Å². The van der Waals surface area contributed by atoms with E-state index in [-0.39, 0.29) is 127 Å². The van der Waals surface area contributed by atoms with Crippen LogP contribution < -0.4 is 29.9 Å². The second-order valence-corrected chi connectivity index (χ2v) is 25.3. The molecule has 4 aliphatic rings. The number of anilines is 1. The number of nitrogens with one attached hydrogen (secondary N) is 3. The van der Waals surface area contributed by atoms with Crippen molar-refractivity contribution in [2.75, 3.05) is 52.9 Å². The number of nitrogens with zero attached hydrogens (tertiary/aromatic N) is 11. The van der Waals surface area contributed by atoms with E-state index in [4.69, 9.17) is 34.7 Å². The fraction of sp³-hybridized carbons (Fsp3) is 0.308. The number of esters is 2. The molecule has 2 amide bonds. The van der Waals surface area contributed by atoms with Gasteiger partial charge in [0.1, 0.15) is 28.8 Å². The van der Waals surface area contributed by atoms with E-state index >= 15 is 0 Å². The number of aromatic amines is 2. The third-order valence-electron chi connectivity index (χ3n) is 17.4. The summed E-state index contributed by atoms with van der Waals surface area (Å²) < 4.78 is 86.6. The van der Waals surface area contributed by atoms with Crippen LogP contribution in [0.4, 0.5) is 27.6 Å². The second kappa shape index (κ2) is 42.9. The molecule has 0 fully saturated rings. The largest absolute Gasteiger partial charge is 1.00 e. The molecular formula is C78H82ClF5LiN15O11. The molecular weight excluding hydrogens is 1460 g/mol. The summed E-state index contributed by atoms with van der Waals surface area (Å²) >= 11 is 5.14. The molecule has 8 heterocycles. The predicted octanol–water partition coefficient (Wildman–Crippen LogP) is 9.22. The number of aromatic nitrogens is 8. The van der Waals surface area contributed by atoms with Gasteiger partial charge in [-0.25, -0.2) is 27.6 Å². The van der Waals surface area contributed by atoms with Crippen molar-refractivity contribution in [3.8, 4) is 18.2 Å². The number of carboxylic acid groups (broad SMARTS) is 1. The number of aromatic carboxylic acids is 1. The summed E-state index contributed by atoms with van der Waals surface area (Å²) in [5, 5.41) is 62.8. The quantitative estimate of drug-likeness (QED) is 0.0183. The van der Waals surface area contributed by atoms with Crippen molar-refractivity contribution in [2.45, 2.75) is 111 Å².